The van der Waals surface area contributed by atoms with E-state index in [1.54, 1.807) is 20.9 Å². The summed E-state index contributed by atoms with van der Waals surface area (Å²) < 4.78 is 25.1. The zero-order valence-electron chi connectivity index (χ0n) is 10.3. The topological polar surface area (TPSA) is 37.4 Å². The predicted octanol–water partition coefficient (Wildman–Crippen LogP) is 2.09. The molecule has 0 unspecified atom stereocenters. The Morgan fingerprint density at radius 1 is 1.07 bits per heavy atom. The SMILES string of the molecule is CC(C)N(C)S(=O)(=O)C(C)(C)C(C)C. The van der Waals surface area contributed by atoms with Crippen molar-refractivity contribution in [2.24, 2.45) is 5.92 Å². The van der Waals surface area contributed by atoms with Crippen molar-refractivity contribution in [2.75, 3.05) is 7.05 Å². The van der Waals surface area contributed by atoms with Crippen molar-refractivity contribution in [3.63, 3.8) is 0 Å². The quantitative estimate of drug-likeness (QED) is 0.729. The van der Waals surface area contributed by atoms with Crippen molar-refractivity contribution in [3.8, 4) is 0 Å². The molecule has 0 saturated heterocycles. The van der Waals surface area contributed by atoms with Crippen molar-refractivity contribution >= 4 is 10.0 Å². The summed E-state index contributed by atoms with van der Waals surface area (Å²) in [6.07, 6.45) is 0. The highest BCUT2D eigenvalue weighted by molar-refractivity contribution is 7.90. The van der Waals surface area contributed by atoms with Gasteiger partial charge in [0.05, 0.1) is 4.75 Å². The summed E-state index contributed by atoms with van der Waals surface area (Å²) in [5, 5.41) is 0. The standard InChI is InChI=1S/C10H23NO2S/c1-8(2)10(5,6)14(12,13)11(7)9(3)4/h8-9H,1-7H3. The molecule has 0 saturated carbocycles. The first-order chi connectivity index (χ1) is 6.05. The predicted molar refractivity (Wildman–Crippen MR) is 60.7 cm³/mol. The summed E-state index contributed by atoms with van der Waals surface area (Å²) >= 11 is 0. The lowest BCUT2D eigenvalue weighted by molar-refractivity contribution is 0.364. The Balaban J connectivity index is 5.17. The largest absolute Gasteiger partial charge is 0.219 e. The van der Waals surface area contributed by atoms with Crippen LogP contribution in [0.1, 0.15) is 41.5 Å². The van der Waals surface area contributed by atoms with Crippen LogP contribution < -0.4 is 0 Å². The Morgan fingerprint density at radius 2 is 1.43 bits per heavy atom. The van der Waals surface area contributed by atoms with Crippen molar-refractivity contribution in [2.45, 2.75) is 52.3 Å². The van der Waals surface area contributed by atoms with E-state index in [4.69, 9.17) is 0 Å². The minimum absolute atomic E-state index is 0.0121. The fourth-order valence-corrected chi connectivity index (χ4v) is 2.84. The van der Waals surface area contributed by atoms with E-state index in [0.717, 1.165) is 0 Å². The third kappa shape index (κ3) is 2.28. The maximum atomic E-state index is 12.2. The maximum absolute atomic E-state index is 12.2. The van der Waals surface area contributed by atoms with Gasteiger partial charge in [-0.1, -0.05) is 13.8 Å². The van der Waals surface area contributed by atoms with Crippen LogP contribution in [0.15, 0.2) is 0 Å². The highest BCUT2D eigenvalue weighted by atomic mass is 32.2. The molecule has 0 atom stereocenters. The van der Waals surface area contributed by atoms with Gasteiger partial charge in [-0.3, -0.25) is 0 Å². The maximum Gasteiger partial charge on any atom is 0.219 e. The molecule has 0 fully saturated rings. The van der Waals surface area contributed by atoms with E-state index < -0.39 is 14.8 Å². The number of hydrogen-bond donors (Lipinski definition) is 0. The van der Waals surface area contributed by atoms with E-state index in [2.05, 4.69) is 0 Å². The van der Waals surface area contributed by atoms with Crippen LogP contribution in [0.3, 0.4) is 0 Å². The van der Waals surface area contributed by atoms with Gasteiger partial charge in [0, 0.05) is 13.1 Å². The molecule has 0 spiro atoms. The molecule has 0 radical (unpaired) electrons. The van der Waals surface area contributed by atoms with Gasteiger partial charge in [-0.05, 0) is 33.6 Å². The van der Waals surface area contributed by atoms with Gasteiger partial charge in [0.25, 0.3) is 0 Å². The summed E-state index contributed by atoms with van der Waals surface area (Å²) in [6, 6.07) is 0.0121. The van der Waals surface area contributed by atoms with E-state index in [1.165, 1.54) is 4.31 Å². The lowest BCUT2D eigenvalue weighted by Gasteiger charge is -2.35. The summed E-state index contributed by atoms with van der Waals surface area (Å²) in [5.41, 5.74) is 0. The third-order valence-corrected chi connectivity index (χ3v) is 6.14. The summed E-state index contributed by atoms with van der Waals surface area (Å²) in [4.78, 5) is 0. The van der Waals surface area contributed by atoms with E-state index in [9.17, 15) is 8.42 Å². The molecule has 0 rings (SSSR count). The van der Waals surface area contributed by atoms with E-state index in [-0.39, 0.29) is 12.0 Å². The second-order valence-electron chi connectivity index (χ2n) is 4.87. The van der Waals surface area contributed by atoms with Gasteiger partial charge in [0.1, 0.15) is 0 Å². The van der Waals surface area contributed by atoms with Gasteiger partial charge < -0.3 is 0 Å². The minimum atomic E-state index is -3.20. The van der Waals surface area contributed by atoms with Crippen molar-refractivity contribution < 1.29 is 8.42 Å². The molecule has 0 N–H and O–H groups in total. The fourth-order valence-electron chi connectivity index (χ4n) is 0.947. The molecule has 4 heteroatoms. The van der Waals surface area contributed by atoms with Crippen molar-refractivity contribution in [1.82, 2.24) is 4.31 Å². The number of nitrogens with zero attached hydrogens (tertiary/aromatic N) is 1. The minimum Gasteiger partial charge on any atom is -0.212 e. The van der Waals surface area contributed by atoms with Crippen molar-refractivity contribution in [3.05, 3.63) is 0 Å². The molecular weight excluding hydrogens is 198 g/mol. The number of hydrogen-bond acceptors (Lipinski definition) is 2. The Kier molecular flexibility index (Phi) is 4.16. The van der Waals surface area contributed by atoms with Crippen molar-refractivity contribution in [1.29, 1.82) is 0 Å². The molecule has 0 amide bonds. The molecule has 0 heterocycles. The molecule has 0 aliphatic rings. The summed E-state index contributed by atoms with van der Waals surface area (Å²) in [7, 11) is -1.56. The Morgan fingerprint density at radius 3 is 1.64 bits per heavy atom. The van der Waals surface area contributed by atoms with Crippen LogP contribution >= 0.6 is 0 Å². The van der Waals surface area contributed by atoms with Crippen LogP contribution in [0.4, 0.5) is 0 Å². The number of sulfonamides is 1. The van der Waals surface area contributed by atoms with Crippen LogP contribution in [0.2, 0.25) is 0 Å². The molecule has 0 aliphatic heterocycles. The molecule has 0 aromatic carbocycles. The molecule has 0 aliphatic carbocycles. The van der Waals surface area contributed by atoms with Crippen LogP contribution in [0, 0.1) is 5.92 Å². The smallest absolute Gasteiger partial charge is 0.212 e. The lowest BCUT2D eigenvalue weighted by atomic mass is 10.00. The Hall–Kier alpha value is -0.0900. The van der Waals surface area contributed by atoms with Gasteiger partial charge >= 0.3 is 0 Å². The van der Waals surface area contributed by atoms with Gasteiger partial charge in [0.15, 0.2) is 0 Å². The van der Waals surface area contributed by atoms with Gasteiger partial charge in [0.2, 0.25) is 10.0 Å². The molecular formula is C10H23NO2S. The average Bonchev–Trinajstić information content (AvgIpc) is 2.01. The zero-order chi connectivity index (χ0) is 11.7. The highest BCUT2D eigenvalue weighted by Gasteiger charge is 2.40. The lowest BCUT2D eigenvalue weighted by Crippen LogP contribution is -2.48. The Labute approximate surface area is 88.5 Å². The fraction of sp³-hybridized carbons (Fsp3) is 1.00. The molecule has 14 heavy (non-hydrogen) atoms. The first kappa shape index (κ1) is 13.9. The van der Waals surface area contributed by atoms with Gasteiger partial charge in [-0.15, -0.1) is 0 Å². The molecule has 3 nitrogen and oxygen atoms in total. The Bertz CT molecular complexity index is 278. The van der Waals surface area contributed by atoms with Gasteiger partial charge in [-0.25, -0.2) is 12.7 Å². The monoisotopic (exact) mass is 221 g/mol. The highest BCUT2D eigenvalue weighted by Crippen LogP contribution is 2.28. The van der Waals surface area contributed by atoms with Crippen LogP contribution in [0.5, 0.6) is 0 Å². The summed E-state index contributed by atoms with van der Waals surface area (Å²) in [5.74, 6) is 0.105. The zero-order valence-corrected chi connectivity index (χ0v) is 11.1. The number of rotatable bonds is 4. The molecule has 86 valence electrons. The van der Waals surface area contributed by atoms with Crippen LogP contribution in [-0.2, 0) is 10.0 Å². The van der Waals surface area contributed by atoms with E-state index in [0.29, 0.717) is 0 Å². The molecule has 0 bridgehead atoms. The van der Waals surface area contributed by atoms with Crippen LogP contribution in [-0.4, -0.2) is 30.6 Å². The van der Waals surface area contributed by atoms with E-state index in [1.807, 2.05) is 27.7 Å². The third-order valence-electron chi connectivity index (χ3n) is 3.16. The normalized spacial score (nSPS) is 14.4. The first-order valence-electron chi connectivity index (χ1n) is 5.02. The first-order valence-corrected chi connectivity index (χ1v) is 6.46. The molecule has 0 aromatic heterocycles. The van der Waals surface area contributed by atoms with Gasteiger partial charge in [-0.2, -0.15) is 0 Å². The summed E-state index contributed by atoms with van der Waals surface area (Å²) in [6.45, 7) is 11.2. The second-order valence-corrected chi connectivity index (χ2v) is 7.45. The van der Waals surface area contributed by atoms with Crippen LogP contribution in [0.25, 0.3) is 0 Å². The average molecular weight is 221 g/mol. The molecule has 0 aromatic rings. The second kappa shape index (κ2) is 4.19. The van der Waals surface area contributed by atoms with E-state index >= 15 is 0 Å².